The van der Waals surface area contributed by atoms with Crippen molar-refractivity contribution in [2.45, 2.75) is 58.2 Å². The highest BCUT2D eigenvalue weighted by atomic mass is 19.4. The van der Waals surface area contributed by atoms with Crippen molar-refractivity contribution in [1.29, 1.82) is 0 Å². The van der Waals surface area contributed by atoms with Crippen LogP contribution in [-0.2, 0) is 12.6 Å². The van der Waals surface area contributed by atoms with Gasteiger partial charge in [-0.25, -0.2) is 4.68 Å². The molecule has 1 atom stereocenters. The van der Waals surface area contributed by atoms with Gasteiger partial charge in [-0.1, -0.05) is 13.8 Å². The Balaban J connectivity index is 1.85. The van der Waals surface area contributed by atoms with Gasteiger partial charge in [-0.05, 0) is 36.5 Å². The fourth-order valence-electron chi connectivity index (χ4n) is 4.33. The van der Waals surface area contributed by atoms with E-state index in [1.54, 1.807) is 6.07 Å². The maximum absolute atomic E-state index is 13.7. The van der Waals surface area contributed by atoms with Crippen LogP contribution in [0.25, 0.3) is 5.69 Å². The first-order chi connectivity index (χ1) is 15.0. The predicted octanol–water partition coefficient (Wildman–Crippen LogP) is 4.11. The Morgan fingerprint density at radius 1 is 1.28 bits per heavy atom. The van der Waals surface area contributed by atoms with E-state index in [0.29, 0.717) is 24.2 Å². The highest BCUT2D eigenvalue weighted by molar-refractivity contribution is 6.00. The van der Waals surface area contributed by atoms with Crippen LogP contribution in [-0.4, -0.2) is 27.5 Å². The fourth-order valence-corrected chi connectivity index (χ4v) is 4.33. The molecule has 0 fully saturated rings. The molecule has 0 spiro atoms. The van der Waals surface area contributed by atoms with Gasteiger partial charge in [0.2, 0.25) is 0 Å². The summed E-state index contributed by atoms with van der Waals surface area (Å²) < 4.78 is 42.3. The highest BCUT2D eigenvalue weighted by Crippen LogP contribution is 2.42. The van der Waals surface area contributed by atoms with Crippen LogP contribution in [0.4, 0.5) is 18.9 Å². The van der Waals surface area contributed by atoms with Crippen molar-refractivity contribution in [3.05, 3.63) is 40.7 Å². The number of alkyl halides is 3. The van der Waals surface area contributed by atoms with E-state index in [1.165, 1.54) is 16.8 Å². The van der Waals surface area contributed by atoms with Crippen LogP contribution in [0, 0.1) is 17.3 Å². The van der Waals surface area contributed by atoms with Crippen LogP contribution >= 0.6 is 0 Å². The summed E-state index contributed by atoms with van der Waals surface area (Å²) in [5.41, 5.74) is 4.63. The molecule has 2 aliphatic carbocycles. The maximum atomic E-state index is 13.7. The number of aromatic nitrogens is 2. The molecule has 2 aromatic rings. The second kappa shape index (κ2) is 7.69. The molecule has 168 valence electrons. The number of carbonyl (C=O) groups is 2. The third-order valence-electron chi connectivity index (χ3n) is 5.78. The van der Waals surface area contributed by atoms with Gasteiger partial charge in [-0.3, -0.25) is 9.59 Å². The van der Waals surface area contributed by atoms with Gasteiger partial charge >= 0.3 is 6.18 Å². The molecule has 1 aromatic heterocycles. The molecule has 0 radical (unpaired) electrons. The zero-order valence-corrected chi connectivity index (χ0v) is 17.8. The van der Waals surface area contributed by atoms with Gasteiger partial charge in [0, 0.05) is 31.0 Å². The average Bonchev–Trinajstić information content (AvgIpc) is 3.07. The molecule has 1 unspecified atom stereocenters. The molecule has 0 saturated carbocycles. The molecule has 32 heavy (non-hydrogen) atoms. The monoisotopic (exact) mass is 444 g/mol. The maximum Gasteiger partial charge on any atom is 0.435 e. The number of ketones is 1. The van der Waals surface area contributed by atoms with E-state index in [9.17, 15) is 22.8 Å². The lowest BCUT2D eigenvalue weighted by molar-refractivity contribution is -0.141. The Morgan fingerprint density at radius 2 is 2.03 bits per heavy atom. The summed E-state index contributed by atoms with van der Waals surface area (Å²) >= 11 is 0. The van der Waals surface area contributed by atoms with Crippen molar-refractivity contribution in [2.75, 3.05) is 5.32 Å². The summed E-state index contributed by atoms with van der Waals surface area (Å²) in [5, 5.41) is 7.07. The number of primary amides is 1. The largest absolute Gasteiger partial charge is 0.435 e. The number of Topliss-reactive ketones (excluding diaryl/α,β-unsaturated/α-hetero) is 1. The summed E-state index contributed by atoms with van der Waals surface area (Å²) in [5.74, 6) is 4.80. The number of nitrogens with one attached hydrogen (secondary N) is 1. The van der Waals surface area contributed by atoms with Gasteiger partial charge in [-0.15, -0.1) is 11.8 Å². The molecule has 6 nitrogen and oxygen atoms in total. The predicted molar refractivity (Wildman–Crippen MR) is 113 cm³/mol. The lowest BCUT2D eigenvalue weighted by Gasteiger charge is -2.29. The number of halogens is 3. The normalized spacial score (nSPS) is 19.7. The van der Waals surface area contributed by atoms with Crippen molar-refractivity contribution in [1.82, 2.24) is 9.78 Å². The minimum Gasteiger partial charge on any atom is -0.381 e. The lowest BCUT2D eigenvalue weighted by Crippen LogP contribution is -2.29. The van der Waals surface area contributed by atoms with Crippen LogP contribution in [0.3, 0.4) is 0 Å². The smallest absolute Gasteiger partial charge is 0.381 e. The third kappa shape index (κ3) is 4.09. The first kappa shape index (κ1) is 21.9. The fraction of sp³-hybridized carbons (Fsp3) is 0.435. The van der Waals surface area contributed by atoms with Gasteiger partial charge in [0.25, 0.3) is 5.91 Å². The molecule has 1 aromatic carbocycles. The zero-order chi connectivity index (χ0) is 23.3. The molecule has 4 rings (SSSR count). The molecule has 0 bridgehead atoms. The zero-order valence-electron chi connectivity index (χ0n) is 17.8. The topological polar surface area (TPSA) is 90.0 Å². The number of fused-ring (bicyclic) bond motifs is 1. The van der Waals surface area contributed by atoms with Crippen molar-refractivity contribution in [2.24, 2.45) is 11.1 Å². The van der Waals surface area contributed by atoms with Crippen LogP contribution in [0.2, 0.25) is 0 Å². The summed E-state index contributed by atoms with van der Waals surface area (Å²) in [6, 6.07) is 4.50. The molecule has 9 heteroatoms. The number of rotatable bonds is 4. The van der Waals surface area contributed by atoms with E-state index in [4.69, 9.17) is 5.73 Å². The van der Waals surface area contributed by atoms with E-state index in [2.05, 4.69) is 22.3 Å². The van der Waals surface area contributed by atoms with E-state index in [1.807, 2.05) is 13.8 Å². The highest BCUT2D eigenvalue weighted by Gasteiger charge is 2.45. The van der Waals surface area contributed by atoms with Gasteiger partial charge in [0.15, 0.2) is 11.5 Å². The summed E-state index contributed by atoms with van der Waals surface area (Å²) in [7, 11) is 0. The molecule has 0 aliphatic heterocycles. The third-order valence-corrected chi connectivity index (χ3v) is 5.78. The van der Waals surface area contributed by atoms with E-state index < -0.39 is 29.0 Å². The molecule has 0 saturated heterocycles. The Hall–Kier alpha value is -3.28. The Kier molecular flexibility index (Phi) is 5.27. The number of hydrogen-bond donors (Lipinski definition) is 2. The first-order valence-electron chi connectivity index (χ1n) is 10.3. The van der Waals surface area contributed by atoms with Crippen LogP contribution in [0.1, 0.15) is 71.6 Å². The summed E-state index contributed by atoms with van der Waals surface area (Å²) in [4.78, 5) is 24.6. The van der Waals surface area contributed by atoms with Crippen molar-refractivity contribution >= 4 is 17.4 Å². The van der Waals surface area contributed by atoms with E-state index in [0.717, 1.165) is 6.42 Å². The van der Waals surface area contributed by atoms with E-state index >= 15 is 0 Å². The number of nitrogens with zero attached hydrogens (tertiary/aromatic N) is 2. The Labute approximate surface area is 183 Å². The number of nitrogens with two attached hydrogens (primary N) is 1. The second-order valence-corrected chi connectivity index (χ2v) is 9.05. The van der Waals surface area contributed by atoms with Crippen molar-refractivity contribution in [3.8, 4) is 17.5 Å². The average molecular weight is 444 g/mol. The van der Waals surface area contributed by atoms with Crippen LogP contribution in [0.5, 0.6) is 0 Å². The van der Waals surface area contributed by atoms with E-state index in [-0.39, 0.29) is 35.7 Å². The Bertz CT molecular complexity index is 1170. The van der Waals surface area contributed by atoms with Crippen LogP contribution < -0.4 is 11.1 Å². The standard InChI is InChI=1S/C23H23F3N4O2/c1-22(2)11-17-19(18(31)12-22)20(23(24,25)26)29-30(17)14-8-9-15(21(27)32)16(10-14)28-13-6-4-3-5-7-13/h8-10,13,28H,4,6-7,11-12H2,1-2H3,(H2,27,32). The quantitative estimate of drug-likeness (QED) is 0.695. The summed E-state index contributed by atoms with van der Waals surface area (Å²) in [6.45, 7) is 3.68. The van der Waals surface area contributed by atoms with Gasteiger partial charge in [0.1, 0.15) is 0 Å². The SMILES string of the molecule is CC1(C)CC(=O)c2c(C(F)(F)F)nn(-c3ccc(C(N)=O)c(NC4CC#CCC4)c3)c2C1. The van der Waals surface area contributed by atoms with Gasteiger partial charge < -0.3 is 11.1 Å². The number of hydrogen-bond acceptors (Lipinski definition) is 4. The first-order valence-corrected chi connectivity index (χ1v) is 10.3. The molecule has 3 N–H and O–H groups in total. The Morgan fingerprint density at radius 3 is 2.66 bits per heavy atom. The lowest BCUT2D eigenvalue weighted by atomic mass is 9.75. The molecule has 1 amide bonds. The number of carbonyl (C=O) groups excluding carboxylic acids is 2. The number of anilines is 1. The molecular formula is C23H23F3N4O2. The molecular weight excluding hydrogens is 421 g/mol. The molecule has 2 aliphatic rings. The van der Waals surface area contributed by atoms with Crippen molar-refractivity contribution in [3.63, 3.8) is 0 Å². The molecule has 1 heterocycles. The van der Waals surface area contributed by atoms with Gasteiger partial charge in [0.05, 0.1) is 22.5 Å². The number of benzene rings is 1. The van der Waals surface area contributed by atoms with Gasteiger partial charge in [-0.2, -0.15) is 18.3 Å². The van der Waals surface area contributed by atoms with Crippen molar-refractivity contribution < 1.29 is 22.8 Å². The minimum atomic E-state index is -4.76. The second-order valence-electron chi connectivity index (χ2n) is 9.05. The number of amides is 1. The van der Waals surface area contributed by atoms with Crippen LogP contribution in [0.15, 0.2) is 18.2 Å². The minimum absolute atomic E-state index is 0.0117. The summed E-state index contributed by atoms with van der Waals surface area (Å²) in [6.07, 6.45) is -2.42.